The zero-order valence-electron chi connectivity index (χ0n) is 16.7. The van der Waals surface area contributed by atoms with Crippen LogP contribution in [0.25, 0.3) is 0 Å². The fourth-order valence-corrected chi connectivity index (χ4v) is 4.28. The molecule has 3 atom stereocenters. The highest BCUT2D eigenvalue weighted by atomic mass is 28.4. The van der Waals surface area contributed by atoms with Crippen molar-refractivity contribution in [2.75, 3.05) is 6.54 Å². The lowest BCUT2D eigenvalue weighted by atomic mass is 10.0. The Morgan fingerprint density at radius 1 is 1.27 bits per heavy atom. The van der Waals surface area contributed by atoms with Crippen LogP contribution in [-0.4, -0.2) is 44.3 Å². The van der Waals surface area contributed by atoms with Gasteiger partial charge in [-0.25, -0.2) is 4.79 Å². The summed E-state index contributed by atoms with van der Waals surface area (Å²) in [5.74, 6) is -0.0501. The van der Waals surface area contributed by atoms with Gasteiger partial charge in [-0.1, -0.05) is 58.0 Å². The van der Waals surface area contributed by atoms with Gasteiger partial charge in [-0.15, -0.1) is 0 Å². The van der Waals surface area contributed by atoms with E-state index >= 15 is 0 Å². The van der Waals surface area contributed by atoms with Gasteiger partial charge in [0.25, 0.3) is 0 Å². The largest absolute Gasteiger partial charge is 0.445 e. The minimum atomic E-state index is -1.98. The average molecular weight is 378 g/mol. The molecule has 0 bridgehead atoms. The highest BCUT2D eigenvalue weighted by molar-refractivity contribution is 6.74. The molecule has 1 aromatic carbocycles. The van der Waals surface area contributed by atoms with Gasteiger partial charge in [-0.2, -0.15) is 0 Å². The fraction of sp³-hybridized carbons (Fsp3) is 0.600. The molecule has 0 spiro atoms. The topological polar surface area (TPSA) is 55.8 Å². The number of amides is 1. The van der Waals surface area contributed by atoms with E-state index in [-0.39, 0.29) is 23.7 Å². The first kappa shape index (κ1) is 20.6. The molecule has 1 aliphatic rings. The van der Waals surface area contributed by atoms with Gasteiger partial charge in [0.05, 0.1) is 18.7 Å². The first-order chi connectivity index (χ1) is 12.1. The normalized spacial score (nSPS) is 23.8. The van der Waals surface area contributed by atoms with E-state index < -0.39 is 20.5 Å². The van der Waals surface area contributed by atoms with E-state index in [2.05, 4.69) is 33.9 Å². The molecule has 6 heteroatoms. The van der Waals surface area contributed by atoms with E-state index in [9.17, 15) is 9.59 Å². The summed E-state index contributed by atoms with van der Waals surface area (Å²) in [7, 11) is -1.98. The molecule has 1 heterocycles. The highest BCUT2D eigenvalue weighted by Crippen LogP contribution is 2.40. The third-order valence-corrected chi connectivity index (χ3v) is 10.2. The molecular formula is C20H31NO4Si. The van der Waals surface area contributed by atoms with Crippen LogP contribution in [0.2, 0.25) is 18.1 Å². The zero-order chi connectivity index (χ0) is 19.5. The van der Waals surface area contributed by atoms with E-state index in [1.807, 2.05) is 37.3 Å². The van der Waals surface area contributed by atoms with Crippen molar-refractivity contribution >= 4 is 20.7 Å². The second-order valence-corrected chi connectivity index (χ2v) is 13.4. The Morgan fingerprint density at radius 3 is 2.42 bits per heavy atom. The first-order valence-corrected chi connectivity index (χ1v) is 12.1. The number of likely N-dealkylation sites (tertiary alicyclic amines) is 1. The van der Waals surface area contributed by atoms with E-state index in [1.165, 1.54) is 4.90 Å². The number of carbonyl (C=O) groups is 2. The number of hydrogen-bond donors (Lipinski definition) is 0. The Labute approximate surface area is 157 Å². The van der Waals surface area contributed by atoms with Crippen molar-refractivity contribution < 1.29 is 18.8 Å². The number of aldehydes is 1. The minimum absolute atomic E-state index is 0.0501. The maximum Gasteiger partial charge on any atom is 0.410 e. The molecule has 0 aliphatic carbocycles. The van der Waals surface area contributed by atoms with Crippen molar-refractivity contribution in [2.24, 2.45) is 5.92 Å². The van der Waals surface area contributed by atoms with Crippen molar-refractivity contribution in [3.05, 3.63) is 35.9 Å². The highest BCUT2D eigenvalue weighted by Gasteiger charge is 2.47. The second kappa shape index (κ2) is 7.92. The zero-order valence-corrected chi connectivity index (χ0v) is 17.7. The number of benzene rings is 1. The second-order valence-electron chi connectivity index (χ2n) is 8.59. The summed E-state index contributed by atoms with van der Waals surface area (Å²) >= 11 is 0. The van der Waals surface area contributed by atoms with Gasteiger partial charge in [0.15, 0.2) is 8.32 Å². The molecular weight excluding hydrogens is 346 g/mol. The van der Waals surface area contributed by atoms with Gasteiger partial charge in [-0.3, -0.25) is 4.90 Å². The van der Waals surface area contributed by atoms with Gasteiger partial charge in [0, 0.05) is 5.92 Å². The van der Waals surface area contributed by atoms with Gasteiger partial charge >= 0.3 is 6.09 Å². The van der Waals surface area contributed by atoms with Crippen LogP contribution in [-0.2, 0) is 20.6 Å². The molecule has 144 valence electrons. The number of hydrogen-bond acceptors (Lipinski definition) is 4. The number of ether oxygens (including phenoxy) is 1. The predicted octanol–water partition coefficient (Wildman–Crippen LogP) is 4.23. The molecule has 0 radical (unpaired) electrons. The van der Waals surface area contributed by atoms with Gasteiger partial charge in [-0.05, 0) is 23.7 Å². The summed E-state index contributed by atoms with van der Waals surface area (Å²) in [5.41, 5.74) is 0.921. The maximum absolute atomic E-state index is 12.5. The summed E-state index contributed by atoms with van der Waals surface area (Å²) in [5, 5.41) is 0.0740. The lowest BCUT2D eigenvalue weighted by Crippen LogP contribution is -2.45. The van der Waals surface area contributed by atoms with Crippen LogP contribution in [0.15, 0.2) is 30.3 Å². The van der Waals surface area contributed by atoms with E-state index in [0.717, 1.165) is 11.8 Å². The molecule has 1 fully saturated rings. The summed E-state index contributed by atoms with van der Waals surface area (Å²) < 4.78 is 11.9. The number of nitrogens with zero attached hydrogens (tertiary/aromatic N) is 1. The third kappa shape index (κ3) is 4.54. The molecule has 1 amide bonds. The molecule has 2 rings (SSSR count). The summed E-state index contributed by atoms with van der Waals surface area (Å²) in [4.78, 5) is 25.7. The summed E-state index contributed by atoms with van der Waals surface area (Å²) in [6.07, 6.45) is 0.234. The number of rotatable bonds is 5. The smallest absolute Gasteiger partial charge is 0.410 e. The van der Waals surface area contributed by atoms with E-state index in [1.54, 1.807) is 0 Å². The van der Waals surface area contributed by atoms with Crippen molar-refractivity contribution in [2.45, 2.75) is 64.6 Å². The molecule has 0 aromatic heterocycles. The van der Waals surface area contributed by atoms with Crippen molar-refractivity contribution in [1.29, 1.82) is 0 Å². The standard InChI is InChI=1S/C20H31NO4Si/c1-15-17(13-22)21(12-18(15)25-26(5,6)20(2,3)4)19(23)24-14-16-10-8-7-9-11-16/h7-11,13,15,17-18H,12,14H2,1-6H3/t15-,17-,18+/m1/s1. The van der Waals surface area contributed by atoms with E-state index in [0.29, 0.717) is 6.54 Å². The molecule has 1 saturated heterocycles. The van der Waals surface area contributed by atoms with Crippen LogP contribution >= 0.6 is 0 Å². The molecule has 5 nitrogen and oxygen atoms in total. The van der Waals surface area contributed by atoms with Crippen molar-refractivity contribution in [3.8, 4) is 0 Å². The quantitative estimate of drug-likeness (QED) is 0.569. The average Bonchev–Trinajstić information content (AvgIpc) is 2.88. The lowest BCUT2D eigenvalue weighted by molar-refractivity contribution is -0.112. The fourth-order valence-electron chi connectivity index (χ4n) is 2.88. The molecule has 0 saturated carbocycles. The Kier molecular flexibility index (Phi) is 6.29. The first-order valence-electron chi connectivity index (χ1n) is 9.17. The van der Waals surface area contributed by atoms with Crippen LogP contribution in [0.1, 0.15) is 33.3 Å². The van der Waals surface area contributed by atoms with Crippen LogP contribution < -0.4 is 0 Å². The van der Waals surface area contributed by atoms with Crippen molar-refractivity contribution in [3.63, 3.8) is 0 Å². The maximum atomic E-state index is 12.5. The Balaban J connectivity index is 2.04. The lowest BCUT2D eigenvalue weighted by Gasteiger charge is -2.39. The van der Waals surface area contributed by atoms with Gasteiger partial charge in [0.1, 0.15) is 12.9 Å². The van der Waals surface area contributed by atoms with Gasteiger partial charge in [0.2, 0.25) is 0 Å². The molecule has 0 unspecified atom stereocenters. The molecule has 26 heavy (non-hydrogen) atoms. The molecule has 1 aromatic rings. The third-order valence-electron chi connectivity index (χ3n) is 5.69. The number of carbonyl (C=O) groups excluding carboxylic acids is 2. The van der Waals surface area contributed by atoms with Crippen LogP contribution in [0.5, 0.6) is 0 Å². The molecule has 1 aliphatic heterocycles. The SMILES string of the molecule is C[C@H]1[C@@H](O[Si](C)(C)C(C)(C)C)CN(C(=O)OCc2ccccc2)[C@@H]1C=O. The monoisotopic (exact) mass is 377 g/mol. The molecule has 0 N–H and O–H groups in total. The van der Waals surface area contributed by atoms with Crippen LogP contribution in [0.4, 0.5) is 4.79 Å². The minimum Gasteiger partial charge on any atom is -0.445 e. The van der Waals surface area contributed by atoms with Crippen molar-refractivity contribution in [1.82, 2.24) is 4.90 Å². The Hall–Kier alpha value is -1.66. The van der Waals surface area contributed by atoms with Crippen LogP contribution in [0, 0.1) is 5.92 Å². The Bertz CT molecular complexity index is 626. The Morgan fingerprint density at radius 2 is 1.88 bits per heavy atom. The summed E-state index contributed by atoms with van der Waals surface area (Å²) in [6, 6.07) is 9.02. The predicted molar refractivity (Wildman–Crippen MR) is 104 cm³/mol. The summed E-state index contributed by atoms with van der Waals surface area (Å²) in [6.45, 7) is 13.5. The van der Waals surface area contributed by atoms with Crippen LogP contribution in [0.3, 0.4) is 0 Å². The van der Waals surface area contributed by atoms with Gasteiger partial charge < -0.3 is 14.0 Å². The van der Waals surface area contributed by atoms with E-state index in [4.69, 9.17) is 9.16 Å².